The van der Waals surface area contributed by atoms with E-state index in [1.165, 1.54) is 24.1 Å². The van der Waals surface area contributed by atoms with Gasteiger partial charge in [-0.1, -0.05) is 6.58 Å². The zero-order valence-corrected chi connectivity index (χ0v) is 5.28. The number of allylic oxidation sites excluding steroid dienone is 2. The van der Waals surface area contributed by atoms with Gasteiger partial charge in [0.1, 0.15) is 0 Å². The van der Waals surface area contributed by atoms with Crippen LogP contribution in [0, 0.1) is 5.92 Å². The first kappa shape index (κ1) is 4.15. The summed E-state index contributed by atoms with van der Waals surface area (Å²) in [4.78, 5) is 0. The summed E-state index contributed by atoms with van der Waals surface area (Å²) in [5.41, 5.74) is 4.50. The number of fused-ring (bicyclic) bond motifs is 2. The molecular formula is C8H9N. The van der Waals surface area contributed by atoms with Gasteiger partial charge in [-0.15, -0.1) is 0 Å². The van der Waals surface area contributed by atoms with Gasteiger partial charge in [0, 0.05) is 5.70 Å². The zero-order valence-electron chi connectivity index (χ0n) is 5.28. The summed E-state index contributed by atoms with van der Waals surface area (Å²) in [6, 6.07) is 0.782. The van der Waals surface area contributed by atoms with E-state index in [9.17, 15) is 0 Å². The standard InChI is InChI=1S/C8H9N/c1-4-2-5-3-6-8(9-6)7(4)5/h5-6,9H,1-3H2/t5?,6-/m0/s1. The maximum atomic E-state index is 3.98. The molecule has 1 heterocycles. The van der Waals surface area contributed by atoms with Crippen molar-refractivity contribution < 1.29 is 0 Å². The summed E-state index contributed by atoms with van der Waals surface area (Å²) in [7, 11) is 0. The molecule has 1 saturated carbocycles. The lowest BCUT2D eigenvalue weighted by molar-refractivity contribution is 0.512. The van der Waals surface area contributed by atoms with E-state index in [-0.39, 0.29) is 0 Å². The van der Waals surface area contributed by atoms with Gasteiger partial charge < -0.3 is 5.32 Å². The Kier molecular flexibility index (Phi) is 0.444. The van der Waals surface area contributed by atoms with Gasteiger partial charge in [-0.05, 0) is 29.9 Å². The summed E-state index contributed by atoms with van der Waals surface area (Å²) in [5.74, 6) is 0.916. The van der Waals surface area contributed by atoms with Crippen LogP contribution in [0.2, 0.25) is 0 Å². The molecule has 1 nitrogen and oxygen atoms in total. The molecule has 2 aliphatic carbocycles. The minimum Gasteiger partial charge on any atom is -0.378 e. The maximum Gasteiger partial charge on any atom is 0.0666 e. The van der Waals surface area contributed by atoms with Crippen LogP contribution in [0.4, 0.5) is 0 Å². The Morgan fingerprint density at radius 2 is 2.44 bits per heavy atom. The van der Waals surface area contributed by atoms with E-state index in [2.05, 4.69) is 11.9 Å². The lowest BCUT2D eigenvalue weighted by Crippen LogP contribution is -2.18. The Balaban J connectivity index is 2.16. The van der Waals surface area contributed by atoms with E-state index in [1.807, 2.05) is 0 Å². The second-order valence-electron chi connectivity index (χ2n) is 3.26. The third kappa shape index (κ3) is 0.318. The number of nitrogens with one attached hydrogen (secondary N) is 1. The first-order valence-electron chi connectivity index (χ1n) is 3.55. The fraction of sp³-hybridized carbons (Fsp3) is 0.500. The van der Waals surface area contributed by atoms with Crippen LogP contribution in [0.25, 0.3) is 0 Å². The molecular weight excluding hydrogens is 110 g/mol. The van der Waals surface area contributed by atoms with Crippen molar-refractivity contribution >= 4 is 0 Å². The van der Waals surface area contributed by atoms with Gasteiger partial charge in [-0.3, -0.25) is 0 Å². The Morgan fingerprint density at radius 3 is 3.00 bits per heavy atom. The lowest BCUT2D eigenvalue weighted by atomic mass is 9.76. The van der Waals surface area contributed by atoms with Crippen LogP contribution >= 0.6 is 0 Å². The Morgan fingerprint density at radius 1 is 1.56 bits per heavy atom. The second kappa shape index (κ2) is 0.962. The summed E-state index contributed by atoms with van der Waals surface area (Å²) < 4.78 is 0. The molecule has 3 aliphatic rings. The zero-order chi connectivity index (χ0) is 6.01. The molecule has 2 fully saturated rings. The first-order chi connectivity index (χ1) is 4.36. The normalized spacial score (nSPS) is 43.3. The smallest absolute Gasteiger partial charge is 0.0666 e. The topological polar surface area (TPSA) is 21.9 Å². The van der Waals surface area contributed by atoms with Gasteiger partial charge in [0.25, 0.3) is 0 Å². The average molecular weight is 119 g/mol. The SMILES string of the molecule is C=C1CC2C[C@@H]3NC3=C12. The fourth-order valence-electron chi connectivity index (χ4n) is 2.15. The summed E-state index contributed by atoms with van der Waals surface area (Å²) in [5, 5.41) is 3.35. The number of hydrogen-bond acceptors (Lipinski definition) is 1. The molecule has 0 aromatic heterocycles. The molecule has 3 rings (SSSR count). The maximum absolute atomic E-state index is 3.98. The highest BCUT2D eigenvalue weighted by molar-refractivity contribution is 5.55. The predicted molar refractivity (Wildman–Crippen MR) is 35.8 cm³/mol. The van der Waals surface area contributed by atoms with Crippen molar-refractivity contribution in [2.24, 2.45) is 5.92 Å². The molecule has 0 aromatic carbocycles. The molecule has 1 saturated heterocycles. The molecule has 0 radical (unpaired) electrons. The quantitative estimate of drug-likeness (QED) is 0.475. The Labute approximate surface area is 54.4 Å². The first-order valence-corrected chi connectivity index (χ1v) is 3.55. The largest absolute Gasteiger partial charge is 0.378 e. The van der Waals surface area contributed by atoms with Crippen LogP contribution < -0.4 is 5.32 Å². The van der Waals surface area contributed by atoms with Crippen LogP contribution in [0.5, 0.6) is 0 Å². The lowest BCUT2D eigenvalue weighted by Gasteiger charge is -2.29. The van der Waals surface area contributed by atoms with Gasteiger partial charge in [-0.2, -0.15) is 0 Å². The molecule has 0 aromatic rings. The van der Waals surface area contributed by atoms with Crippen molar-refractivity contribution in [3.05, 3.63) is 23.4 Å². The second-order valence-corrected chi connectivity index (χ2v) is 3.26. The number of hydrogen-bond donors (Lipinski definition) is 1. The fourth-order valence-corrected chi connectivity index (χ4v) is 2.15. The van der Waals surface area contributed by atoms with E-state index in [4.69, 9.17) is 0 Å². The predicted octanol–water partition coefficient (Wildman–Crippen LogP) is 1.19. The highest BCUT2D eigenvalue weighted by Gasteiger charge is 2.48. The van der Waals surface area contributed by atoms with Gasteiger partial charge in [0.15, 0.2) is 0 Å². The highest BCUT2D eigenvalue weighted by atomic mass is 15.1. The molecule has 0 spiro atoms. The van der Waals surface area contributed by atoms with Gasteiger partial charge in [0.05, 0.1) is 6.04 Å². The minimum absolute atomic E-state index is 0.782. The van der Waals surface area contributed by atoms with Gasteiger partial charge >= 0.3 is 0 Å². The molecule has 1 heteroatoms. The van der Waals surface area contributed by atoms with E-state index >= 15 is 0 Å². The van der Waals surface area contributed by atoms with Crippen LogP contribution in [-0.4, -0.2) is 6.04 Å². The van der Waals surface area contributed by atoms with E-state index in [1.54, 1.807) is 5.57 Å². The van der Waals surface area contributed by atoms with Crippen molar-refractivity contribution in [1.29, 1.82) is 0 Å². The summed E-state index contributed by atoms with van der Waals surface area (Å²) in [6.07, 6.45) is 2.64. The summed E-state index contributed by atoms with van der Waals surface area (Å²) in [6.45, 7) is 3.98. The summed E-state index contributed by atoms with van der Waals surface area (Å²) >= 11 is 0. The molecule has 2 atom stereocenters. The van der Waals surface area contributed by atoms with E-state index in [0.717, 1.165) is 12.0 Å². The molecule has 9 heavy (non-hydrogen) atoms. The van der Waals surface area contributed by atoms with Gasteiger partial charge in [0.2, 0.25) is 0 Å². The molecule has 0 bridgehead atoms. The van der Waals surface area contributed by atoms with Crippen molar-refractivity contribution in [2.45, 2.75) is 18.9 Å². The van der Waals surface area contributed by atoms with Gasteiger partial charge in [-0.25, -0.2) is 0 Å². The minimum atomic E-state index is 0.782. The molecule has 1 aliphatic heterocycles. The molecule has 1 N–H and O–H groups in total. The molecule has 1 unspecified atom stereocenters. The van der Waals surface area contributed by atoms with Crippen LogP contribution in [0.1, 0.15) is 12.8 Å². The van der Waals surface area contributed by atoms with Crippen molar-refractivity contribution in [1.82, 2.24) is 5.32 Å². The van der Waals surface area contributed by atoms with Crippen LogP contribution in [0.3, 0.4) is 0 Å². The van der Waals surface area contributed by atoms with Crippen molar-refractivity contribution in [3.63, 3.8) is 0 Å². The third-order valence-electron chi connectivity index (χ3n) is 2.69. The Bertz CT molecular complexity index is 237. The monoisotopic (exact) mass is 119 g/mol. The van der Waals surface area contributed by atoms with Crippen LogP contribution in [0.15, 0.2) is 23.4 Å². The highest BCUT2D eigenvalue weighted by Crippen LogP contribution is 2.53. The van der Waals surface area contributed by atoms with E-state index in [0.29, 0.717) is 0 Å². The van der Waals surface area contributed by atoms with Crippen LogP contribution in [-0.2, 0) is 0 Å². The Hall–Kier alpha value is -0.720. The third-order valence-corrected chi connectivity index (χ3v) is 2.69. The van der Waals surface area contributed by atoms with E-state index < -0.39 is 0 Å². The molecule has 0 amide bonds. The molecule has 46 valence electrons. The van der Waals surface area contributed by atoms with Crippen molar-refractivity contribution in [3.8, 4) is 0 Å². The van der Waals surface area contributed by atoms with Crippen molar-refractivity contribution in [2.75, 3.05) is 0 Å². The number of rotatable bonds is 0. The average Bonchev–Trinajstić information content (AvgIpc) is 2.42.